The van der Waals surface area contributed by atoms with Crippen LogP contribution in [0.5, 0.6) is 0 Å². The first-order valence-corrected chi connectivity index (χ1v) is 15.9. The van der Waals surface area contributed by atoms with E-state index in [1.807, 2.05) is 18.2 Å². The molecule has 220 valence electrons. The third-order valence-corrected chi connectivity index (χ3v) is 9.22. The van der Waals surface area contributed by atoms with E-state index in [-0.39, 0.29) is 0 Å². The van der Waals surface area contributed by atoms with Gasteiger partial charge < -0.3 is 0 Å². The largest absolute Gasteiger partial charge is 0.233 e. The zero-order valence-electron chi connectivity index (χ0n) is 26.6. The van der Waals surface area contributed by atoms with Gasteiger partial charge in [0.1, 0.15) is 0 Å². The van der Waals surface area contributed by atoms with E-state index in [0.29, 0.717) is 17.5 Å². The summed E-state index contributed by atoms with van der Waals surface area (Å²) in [5.74, 6) is 1.26. The van der Waals surface area contributed by atoms with Crippen molar-refractivity contribution in [1.29, 1.82) is 0 Å². The second-order valence-corrected chi connectivity index (χ2v) is 12.6. The minimum absolute atomic E-state index is 0.596. The summed E-state index contributed by atoms with van der Waals surface area (Å²) >= 11 is 0. The Morgan fingerprint density at radius 1 is 0.644 bits per heavy atom. The lowest BCUT2D eigenvalue weighted by molar-refractivity contribution is 0.800. The first-order chi connectivity index (χ1) is 21.8. The summed E-state index contributed by atoms with van der Waals surface area (Å²) < 4.78 is 0. The van der Waals surface area contributed by atoms with Crippen LogP contribution in [0.15, 0.2) is 120 Å². The average Bonchev–Trinajstić information content (AvgIpc) is 3.42. The molecule has 0 heterocycles. The molecule has 0 aromatic heterocycles. The maximum Gasteiger partial charge on any atom is 0.160 e. The zero-order chi connectivity index (χ0) is 31.1. The van der Waals surface area contributed by atoms with Gasteiger partial charge in [-0.05, 0) is 118 Å². The molecule has 0 saturated heterocycles. The van der Waals surface area contributed by atoms with Crippen molar-refractivity contribution < 1.29 is 0 Å². The highest BCUT2D eigenvalue weighted by atomic mass is 14.9. The molecule has 5 aromatic carbocycles. The molecule has 2 aliphatic rings. The number of amidine groups is 1. The fourth-order valence-electron chi connectivity index (χ4n) is 6.70. The lowest BCUT2D eigenvalue weighted by Crippen LogP contribution is -2.29. The highest BCUT2D eigenvalue weighted by Crippen LogP contribution is 2.38. The van der Waals surface area contributed by atoms with Crippen molar-refractivity contribution in [2.75, 3.05) is 0 Å². The van der Waals surface area contributed by atoms with E-state index in [1.165, 1.54) is 54.9 Å². The van der Waals surface area contributed by atoms with E-state index in [9.17, 15) is 0 Å². The predicted molar refractivity (Wildman–Crippen MR) is 192 cm³/mol. The Kier molecular flexibility index (Phi) is 7.51. The number of rotatable bonds is 5. The van der Waals surface area contributed by atoms with Gasteiger partial charge >= 0.3 is 0 Å². The number of nitrogens with zero attached hydrogens (tertiary/aromatic N) is 2. The molecule has 7 rings (SSSR count). The SMILES string of the molecule is C=C(N=C(N=C(C)c1ccc(-c2cc3c(cc2C)=CC(C)CC=3)c(C)c1)c1ccccc1)c1ccc2c(c1)-c1ccccc1C2. The van der Waals surface area contributed by atoms with Crippen molar-refractivity contribution in [3.63, 3.8) is 0 Å². The number of hydrogen-bond donors (Lipinski definition) is 0. The van der Waals surface area contributed by atoms with Crippen LogP contribution in [0, 0.1) is 19.8 Å². The van der Waals surface area contributed by atoms with Gasteiger partial charge in [0.15, 0.2) is 5.84 Å². The molecule has 5 aromatic rings. The monoisotopic (exact) mass is 582 g/mol. The van der Waals surface area contributed by atoms with Crippen LogP contribution in [0.2, 0.25) is 0 Å². The van der Waals surface area contributed by atoms with Gasteiger partial charge in [0, 0.05) is 16.8 Å². The molecule has 1 unspecified atom stereocenters. The van der Waals surface area contributed by atoms with Crippen LogP contribution < -0.4 is 10.4 Å². The predicted octanol–water partition coefficient (Wildman–Crippen LogP) is 9.07. The maximum atomic E-state index is 5.11. The summed E-state index contributed by atoms with van der Waals surface area (Å²) in [5.41, 5.74) is 15.1. The van der Waals surface area contributed by atoms with Gasteiger partial charge in [-0.15, -0.1) is 0 Å². The van der Waals surface area contributed by atoms with Crippen LogP contribution in [0.3, 0.4) is 0 Å². The van der Waals surface area contributed by atoms with Crippen LogP contribution in [0.1, 0.15) is 59.2 Å². The number of aryl methyl sites for hydroxylation is 2. The highest BCUT2D eigenvalue weighted by molar-refractivity contribution is 6.13. The molecule has 0 N–H and O–H groups in total. The summed E-state index contributed by atoms with van der Waals surface area (Å²) in [6.45, 7) is 13.2. The van der Waals surface area contributed by atoms with Gasteiger partial charge in [0.25, 0.3) is 0 Å². The Bertz CT molecular complexity index is 2160. The Morgan fingerprint density at radius 2 is 1.38 bits per heavy atom. The average molecular weight is 583 g/mol. The maximum absolute atomic E-state index is 5.11. The van der Waals surface area contributed by atoms with Crippen molar-refractivity contribution in [3.8, 4) is 22.3 Å². The Labute approximate surface area is 266 Å². The number of hydrogen-bond acceptors (Lipinski definition) is 1. The molecule has 2 nitrogen and oxygen atoms in total. The van der Waals surface area contributed by atoms with E-state index in [4.69, 9.17) is 9.98 Å². The van der Waals surface area contributed by atoms with E-state index < -0.39 is 0 Å². The Hall–Kier alpha value is -5.08. The molecule has 0 fully saturated rings. The highest BCUT2D eigenvalue weighted by Gasteiger charge is 2.19. The summed E-state index contributed by atoms with van der Waals surface area (Å²) in [6.07, 6.45) is 6.84. The zero-order valence-corrected chi connectivity index (χ0v) is 26.6. The number of aliphatic imine (C=N–C) groups is 2. The standard InChI is InChI=1S/C43H38N2/c1-27-15-16-35-26-41(29(3)23-38(35)21-27)39-20-19-33(22-28(39)2)30(4)44-43(32-11-7-6-8-12-32)45-31(5)34-17-18-37-24-36-13-9-10-14-40(36)42(37)25-34/h6-14,16-23,25-27H,5,15,24H2,1-4H3. The lowest BCUT2D eigenvalue weighted by atomic mass is 9.91. The molecule has 1 atom stereocenters. The van der Waals surface area contributed by atoms with Crippen molar-refractivity contribution >= 4 is 29.4 Å². The normalized spacial score (nSPS) is 15.4. The van der Waals surface area contributed by atoms with Gasteiger partial charge in [-0.2, -0.15) is 0 Å². The third kappa shape index (κ3) is 5.65. The van der Waals surface area contributed by atoms with E-state index >= 15 is 0 Å². The van der Waals surface area contributed by atoms with Gasteiger partial charge in [-0.3, -0.25) is 0 Å². The number of fused-ring (bicyclic) bond motifs is 4. The molecule has 0 amide bonds. The Morgan fingerprint density at radius 3 is 2.20 bits per heavy atom. The van der Waals surface area contributed by atoms with Gasteiger partial charge in [-0.1, -0.05) is 111 Å². The molecule has 0 saturated carbocycles. The van der Waals surface area contributed by atoms with Crippen molar-refractivity contribution in [2.24, 2.45) is 15.9 Å². The molecule has 0 bridgehead atoms. The molecule has 45 heavy (non-hydrogen) atoms. The fourth-order valence-corrected chi connectivity index (χ4v) is 6.70. The van der Waals surface area contributed by atoms with Crippen molar-refractivity contribution in [3.05, 3.63) is 159 Å². The minimum atomic E-state index is 0.596. The van der Waals surface area contributed by atoms with Gasteiger partial charge in [0.05, 0.1) is 5.70 Å². The molecule has 2 heteroatoms. The number of benzene rings is 5. The first kappa shape index (κ1) is 28.7. The quantitative estimate of drug-likeness (QED) is 0.143. The van der Waals surface area contributed by atoms with Crippen LogP contribution in [0.25, 0.3) is 40.1 Å². The van der Waals surface area contributed by atoms with Gasteiger partial charge in [-0.25, -0.2) is 9.98 Å². The summed E-state index contributed by atoms with van der Waals surface area (Å²) in [7, 11) is 0. The summed E-state index contributed by atoms with van der Waals surface area (Å²) in [6, 6.07) is 36.8. The first-order valence-electron chi connectivity index (χ1n) is 15.9. The van der Waals surface area contributed by atoms with E-state index in [0.717, 1.165) is 35.2 Å². The molecule has 2 aliphatic carbocycles. The topological polar surface area (TPSA) is 24.7 Å². The smallest absolute Gasteiger partial charge is 0.160 e. The Balaban J connectivity index is 1.23. The van der Waals surface area contributed by atoms with Crippen LogP contribution in [-0.4, -0.2) is 11.5 Å². The second-order valence-electron chi connectivity index (χ2n) is 12.6. The summed E-state index contributed by atoms with van der Waals surface area (Å²) in [4.78, 5) is 10.2. The third-order valence-electron chi connectivity index (χ3n) is 9.22. The van der Waals surface area contributed by atoms with E-state index in [2.05, 4.69) is 131 Å². The lowest BCUT2D eigenvalue weighted by Gasteiger charge is -2.14. The van der Waals surface area contributed by atoms with Crippen molar-refractivity contribution in [2.45, 2.75) is 40.5 Å². The summed E-state index contributed by atoms with van der Waals surface area (Å²) in [5, 5.41) is 2.69. The fraction of sp³-hybridized carbons (Fsp3) is 0.163. The molecular weight excluding hydrogens is 544 g/mol. The van der Waals surface area contributed by atoms with Crippen LogP contribution in [-0.2, 0) is 6.42 Å². The second kappa shape index (κ2) is 11.8. The molecule has 0 aliphatic heterocycles. The van der Waals surface area contributed by atoms with Crippen LogP contribution in [0.4, 0.5) is 0 Å². The van der Waals surface area contributed by atoms with E-state index in [1.54, 1.807) is 0 Å². The van der Waals surface area contributed by atoms with Crippen molar-refractivity contribution in [1.82, 2.24) is 0 Å². The minimum Gasteiger partial charge on any atom is -0.233 e. The molecule has 0 radical (unpaired) electrons. The van der Waals surface area contributed by atoms with Crippen LogP contribution >= 0.6 is 0 Å². The molecular formula is C43H38N2. The van der Waals surface area contributed by atoms with Gasteiger partial charge in [0.2, 0.25) is 0 Å². The molecule has 0 spiro atoms.